The van der Waals surface area contributed by atoms with Crippen LogP contribution >= 0.6 is 23.2 Å². The molecule has 0 amide bonds. The van der Waals surface area contributed by atoms with E-state index in [1.54, 1.807) is 0 Å². The number of halogens is 2. The van der Waals surface area contributed by atoms with Crippen LogP contribution in [-0.2, 0) is 0 Å². The van der Waals surface area contributed by atoms with Crippen molar-refractivity contribution in [2.45, 2.75) is 19.3 Å². The van der Waals surface area contributed by atoms with Crippen molar-refractivity contribution in [2.24, 2.45) is 0 Å². The zero-order valence-electron chi connectivity index (χ0n) is 9.66. The zero-order valence-corrected chi connectivity index (χ0v) is 11.2. The minimum Gasteiger partial charge on any atom is -0.0843 e. The molecule has 0 unspecified atom stereocenters. The summed E-state index contributed by atoms with van der Waals surface area (Å²) in [7, 11) is 0. The molecule has 17 heavy (non-hydrogen) atoms. The summed E-state index contributed by atoms with van der Waals surface area (Å²) >= 11 is 11.8. The maximum absolute atomic E-state index is 5.91. The quantitative estimate of drug-likeness (QED) is 0.683. The SMILES string of the molecule is CCC(c1ccc(Cl)cc1)c1ccc(Cl)cc1. The van der Waals surface area contributed by atoms with Crippen molar-refractivity contribution in [3.63, 3.8) is 0 Å². The van der Waals surface area contributed by atoms with E-state index in [1.165, 1.54) is 11.1 Å². The second-order valence-corrected chi connectivity index (χ2v) is 4.94. The average molecular weight is 265 g/mol. The predicted octanol–water partition coefficient (Wildman–Crippen LogP) is 5.54. The molecule has 0 fully saturated rings. The van der Waals surface area contributed by atoms with E-state index in [4.69, 9.17) is 23.2 Å². The molecule has 2 rings (SSSR count). The predicted molar refractivity (Wildman–Crippen MR) is 75.0 cm³/mol. The zero-order chi connectivity index (χ0) is 12.3. The summed E-state index contributed by atoms with van der Waals surface area (Å²) in [5.74, 6) is 0.407. The van der Waals surface area contributed by atoms with Crippen molar-refractivity contribution in [1.29, 1.82) is 0 Å². The van der Waals surface area contributed by atoms with Gasteiger partial charge in [0.15, 0.2) is 0 Å². The molecular weight excluding hydrogens is 251 g/mol. The first-order valence-electron chi connectivity index (χ1n) is 5.71. The number of benzene rings is 2. The summed E-state index contributed by atoms with van der Waals surface area (Å²) in [6, 6.07) is 16.1. The van der Waals surface area contributed by atoms with E-state index in [9.17, 15) is 0 Å². The lowest BCUT2D eigenvalue weighted by Gasteiger charge is -2.16. The van der Waals surface area contributed by atoms with Gasteiger partial charge < -0.3 is 0 Å². The minimum atomic E-state index is 0.407. The molecule has 0 atom stereocenters. The molecule has 0 radical (unpaired) electrons. The van der Waals surface area contributed by atoms with Crippen LogP contribution in [0.4, 0.5) is 0 Å². The molecule has 0 saturated carbocycles. The van der Waals surface area contributed by atoms with Crippen LogP contribution < -0.4 is 0 Å². The highest BCUT2D eigenvalue weighted by molar-refractivity contribution is 6.30. The second-order valence-electron chi connectivity index (χ2n) is 4.06. The van der Waals surface area contributed by atoms with Crippen LogP contribution in [0.15, 0.2) is 48.5 Å². The molecule has 0 aromatic heterocycles. The molecular formula is C15H14Cl2. The van der Waals surface area contributed by atoms with Crippen molar-refractivity contribution < 1.29 is 0 Å². The third-order valence-electron chi connectivity index (χ3n) is 2.95. The van der Waals surface area contributed by atoms with Crippen molar-refractivity contribution in [3.05, 3.63) is 69.7 Å². The molecule has 0 N–H and O–H groups in total. The number of hydrogen-bond donors (Lipinski definition) is 0. The molecule has 0 aliphatic heterocycles. The third-order valence-corrected chi connectivity index (χ3v) is 3.46. The topological polar surface area (TPSA) is 0 Å². The largest absolute Gasteiger partial charge is 0.0843 e. The van der Waals surface area contributed by atoms with E-state index in [1.807, 2.05) is 24.3 Å². The lowest BCUT2D eigenvalue weighted by atomic mass is 9.89. The van der Waals surface area contributed by atoms with Gasteiger partial charge in [0.1, 0.15) is 0 Å². The fourth-order valence-corrected chi connectivity index (χ4v) is 2.31. The lowest BCUT2D eigenvalue weighted by Crippen LogP contribution is -1.99. The fourth-order valence-electron chi connectivity index (χ4n) is 2.05. The van der Waals surface area contributed by atoms with E-state index >= 15 is 0 Å². The Bertz CT molecular complexity index is 426. The van der Waals surface area contributed by atoms with Crippen LogP contribution in [0.3, 0.4) is 0 Å². The van der Waals surface area contributed by atoms with Gasteiger partial charge in [-0.05, 0) is 41.8 Å². The molecule has 88 valence electrons. The van der Waals surface area contributed by atoms with E-state index in [2.05, 4.69) is 31.2 Å². The smallest absolute Gasteiger partial charge is 0.0406 e. The Hall–Kier alpha value is -0.980. The van der Waals surface area contributed by atoms with Gasteiger partial charge in [0.25, 0.3) is 0 Å². The van der Waals surface area contributed by atoms with Crippen molar-refractivity contribution in [1.82, 2.24) is 0 Å². The van der Waals surface area contributed by atoms with E-state index in [-0.39, 0.29) is 0 Å². The second kappa shape index (κ2) is 5.57. The Morgan fingerprint density at radius 1 is 0.765 bits per heavy atom. The summed E-state index contributed by atoms with van der Waals surface area (Å²) in [6.45, 7) is 2.19. The van der Waals surface area contributed by atoms with E-state index in [0.29, 0.717) is 5.92 Å². The highest BCUT2D eigenvalue weighted by Gasteiger charge is 2.11. The summed E-state index contributed by atoms with van der Waals surface area (Å²) in [5.41, 5.74) is 2.58. The van der Waals surface area contributed by atoms with Crippen LogP contribution in [0.2, 0.25) is 10.0 Å². The first-order chi connectivity index (χ1) is 8.20. The molecule has 0 spiro atoms. The third kappa shape index (κ3) is 3.02. The van der Waals surface area contributed by atoms with Crippen LogP contribution in [0.5, 0.6) is 0 Å². The molecule has 0 heterocycles. The average Bonchev–Trinajstić information content (AvgIpc) is 2.35. The Labute approximate surface area is 112 Å². The van der Waals surface area contributed by atoms with Crippen molar-refractivity contribution >= 4 is 23.2 Å². The summed E-state index contributed by atoms with van der Waals surface area (Å²) in [6.07, 6.45) is 1.06. The molecule has 2 aromatic rings. The summed E-state index contributed by atoms with van der Waals surface area (Å²) in [5, 5.41) is 1.56. The Morgan fingerprint density at radius 3 is 1.41 bits per heavy atom. The lowest BCUT2D eigenvalue weighted by molar-refractivity contribution is 0.777. The molecule has 0 aliphatic carbocycles. The van der Waals surface area contributed by atoms with Gasteiger partial charge in [-0.2, -0.15) is 0 Å². The van der Waals surface area contributed by atoms with Crippen molar-refractivity contribution in [3.8, 4) is 0 Å². The van der Waals surface area contributed by atoms with Crippen LogP contribution in [-0.4, -0.2) is 0 Å². The Balaban J connectivity index is 2.33. The summed E-state index contributed by atoms with van der Waals surface area (Å²) < 4.78 is 0. The monoisotopic (exact) mass is 264 g/mol. The van der Waals surface area contributed by atoms with Gasteiger partial charge in [-0.15, -0.1) is 0 Å². The Morgan fingerprint density at radius 2 is 1.12 bits per heavy atom. The highest BCUT2D eigenvalue weighted by Crippen LogP contribution is 2.29. The number of hydrogen-bond acceptors (Lipinski definition) is 0. The van der Waals surface area contributed by atoms with Crippen LogP contribution in [0, 0.1) is 0 Å². The first kappa shape index (κ1) is 12.5. The fraction of sp³-hybridized carbons (Fsp3) is 0.200. The van der Waals surface area contributed by atoms with Gasteiger partial charge in [-0.3, -0.25) is 0 Å². The van der Waals surface area contributed by atoms with Gasteiger partial charge in [-0.1, -0.05) is 54.4 Å². The maximum atomic E-state index is 5.91. The molecule has 2 aromatic carbocycles. The van der Waals surface area contributed by atoms with Gasteiger partial charge in [-0.25, -0.2) is 0 Å². The molecule has 0 nitrogen and oxygen atoms in total. The standard InChI is InChI=1S/C15H14Cl2/c1-2-15(11-3-7-13(16)8-4-11)12-5-9-14(17)10-6-12/h3-10,15H,2H2,1H3. The van der Waals surface area contributed by atoms with E-state index in [0.717, 1.165) is 16.5 Å². The van der Waals surface area contributed by atoms with Gasteiger partial charge in [0.05, 0.1) is 0 Å². The molecule has 0 bridgehead atoms. The molecule has 0 aliphatic rings. The molecule has 2 heteroatoms. The molecule has 0 saturated heterocycles. The van der Waals surface area contributed by atoms with Gasteiger partial charge >= 0.3 is 0 Å². The number of rotatable bonds is 3. The van der Waals surface area contributed by atoms with Crippen LogP contribution in [0.1, 0.15) is 30.4 Å². The van der Waals surface area contributed by atoms with Crippen molar-refractivity contribution in [2.75, 3.05) is 0 Å². The van der Waals surface area contributed by atoms with E-state index < -0.39 is 0 Å². The normalized spacial score (nSPS) is 10.8. The minimum absolute atomic E-state index is 0.407. The van der Waals surface area contributed by atoms with Gasteiger partial charge in [0, 0.05) is 16.0 Å². The van der Waals surface area contributed by atoms with Crippen LogP contribution in [0.25, 0.3) is 0 Å². The summed E-state index contributed by atoms with van der Waals surface area (Å²) in [4.78, 5) is 0. The maximum Gasteiger partial charge on any atom is 0.0406 e. The first-order valence-corrected chi connectivity index (χ1v) is 6.47. The van der Waals surface area contributed by atoms with Gasteiger partial charge in [0.2, 0.25) is 0 Å². The Kier molecular flexibility index (Phi) is 4.09. The highest BCUT2D eigenvalue weighted by atomic mass is 35.5.